The summed E-state index contributed by atoms with van der Waals surface area (Å²) in [7, 11) is 0. The number of allylic oxidation sites excluding steroid dienone is 3. The van der Waals surface area contributed by atoms with Crippen LogP contribution in [0.5, 0.6) is 11.5 Å². The minimum Gasteiger partial charge on any atom is -0.504 e. The van der Waals surface area contributed by atoms with Gasteiger partial charge in [-0.15, -0.1) is 0 Å². The number of Topliss-reactive ketones (excluding diaryl/α,β-unsaturated/α-hetero) is 1. The third-order valence-corrected chi connectivity index (χ3v) is 6.81. The van der Waals surface area contributed by atoms with Gasteiger partial charge in [-0.25, -0.2) is 4.79 Å². The molecule has 0 fully saturated rings. The highest BCUT2D eigenvalue weighted by Gasteiger charge is 2.41. The number of carbonyl (C=O) groups is 2. The number of ether oxygens (including phenoxy) is 2. The number of aromatic hydroxyl groups is 1. The largest absolute Gasteiger partial charge is 0.504 e. The molecule has 190 valence electrons. The van der Waals surface area contributed by atoms with Crippen molar-refractivity contribution in [2.45, 2.75) is 52.4 Å². The summed E-state index contributed by atoms with van der Waals surface area (Å²) < 4.78 is 11.2. The second-order valence-corrected chi connectivity index (χ2v) is 10.2. The van der Waals surface area contributed by atoms with Crippen LogP contribution in [0, 0.1) is 5.92 Å². The molecule has 1 aliphatic carbocycles. The van der Waals surface area contributed by atoms with E-state index < -0.39 is 11.9 Å². The first kappa shape index (κ1) is 25.8. The molecule has 7 heteroatoms. The van der Waals surface area contributed by atoms with Crippen molar-refractivity contribution in [3.8, 4) is 11.5 Å². The van der Waals surface area contributed by atoms with Crippen molar-refractivity contribution in [1.82, 2.24) is 5.32 Å². The third-order valence-electron chi connectivity index (χ3n) is 6.55. The molecule has 0 bridgehead atoms. The standard InChI is InChI=1S/C29H32ClNO5/c1-5-35-25-14-19(8-11-23(25)32)27-26(29(34)36-15-16(2)3)17(4)31-22-12-20(13-24(33)28(22)27)18-6-9-21(30)10-7-18/h6-11,14,16,20,27,31-32H,5,12-13,15H2,1-4H3/t20-,27-/m0/s1. The van der Waals surface area contributed by atoms with Crippen molar-refractivity contribution in [1.29, 1.82) is 0 Å². The van der Waals surface area contributed by atoms with Crippen molar-refractivity contribution in [3.05, 3.63) is 81.2 Å². The Hall–Kier alpha value is -3.25. The summed E-state index contributed by atoms with van der Waals surface area (Å²) in [5.74, 6) is -0.613. The maximum atomic E-state index is 13.7. The van der Waals surface area contributed by atoms with Crippen LogP contribution in [0.25, 0.3) is 0 Å². The molecule has 2 aromatic carbocycles. The Morgan fingerprint density at radius 1 is 1.14 bits per heavy atom. The summed E-state index contributed by atoms with van der Waals surface area (Å²) in [5, 5.41) is 14.3. The number of nitrogens with one attached hydrogen (secondary N) is 1. The van der Waals surface area contributed by atoms with E-state index in [1.807, 2.05) is 52.0 Å². The van der Waals surface area contributed by atoms with Crippen molar-refractivity contribution in [2.75, 3.05) is 13.2 Å². The lowest BCUT2D eigenvalue weighted by Gasteiger charge is -2.37. The third kappa shape index (κ3) is 5.29. The molecule has 1 heterocycles. The summed E-state index contributed by atoms with van der Waals surface area (Å²) >= 11 is 6.07. The zero-order valence-electron chi connectivity index (χ0n) is 21.1. The molecule has 2 N–H and O–H groups in total. The SMILES string of the molecule is CCOc1cc([C@H]2C(C(=O)OCC(C)C)=C(C)NC3=C2C(=O)C[C@@H](c2ccc(Cl)cc2)C3)ccc1O. The van der Waals surface area contributed by atoms with E-state index in [-0.39, 0.29) is 30.0 Å². The van der Waals surface area contributed by atoms with Crippen molar-refractivity contribution in [2.24, 2.45) is 5.92 Å². The van der Waals surface area contributed by atoms with Gasteiger partial charge >= 0.3 is 5.97 Å². The van der Waals surface area contributed by atoms with Gasteiger partial charge in [-0.05, 0) is 67.5 Å². The monoisotopic (exact) mass is 509 g/mol. The Kier molecular flexibility index (Phi) is 7.74. The van der Waals surface area contributed by atoms with E-state index in [2.05, 4.69) is 5.32 Å². The second kappa shape index (κ2) is 10.8. The molecule has 2 aromatic rings. The van der Waals surface area contributed by atoms with Gasteiger partial charge in [0, 0.05) is 34.3 Å². The lowest BCUT2D eigenvalue weighted by molar-refractivity contribution is -0.140. The van der Waals surface area contributed by atoms with E-state index in [9.17, 15) is 14.7 Å². The molecule has 0 amide bonds. The first-order valence-corrected chi connectivity index (χ1v) is 12.7. The summed E-state index contributed by atoms with van der Waals surface area (Å²) in [5.41, 5.74) is 4.17. The highest BCUT2D eigenvalue weighted by Crippen LogP contribution is 2.47. The maximum absolute atomic E-state index is 13.7. The van der Waals surface area contributed by atoms with Crippen LogP contribution in [0.15, 0.2) is 65.0 Å². The quantitative estimate of drug-likeness (QED) is 0.445. The van der Waals surface area contributed by atoms with E-state index in [4.69, 9.17) is 21.1 Å². The van der Waals surface area contributed by atoms with E-state index >= 15 is 0 Å². The first-order chi connectivity index (χ1) is 17.2. The molecule has 2 aliphatic rings. The van der Waals surface area contributed by atoms with Crippen LogP contribution in [0.2, 0.25) is 5.02 Å². The average molecular weight is 510 g/mol. The molecule has 0 unspecified atom stereocenters. The van der Waals surface area contributed by atoms with E-state index in [0.29, 0.717) is 52.6 Å². The minimum atomic E-state index is -0.626. The number of rotatable bonds is 7. The van der Waals surface area contributed by atoms with Gasteiger partial charge in [-0.1, -0.05) is 43.6 Å². The lowest BCUT2D eigenvalue weighted by atomic mass is 9.71. The molecule has 1 aliphatic heterocycles. The number of halogens is 1. The number of esters is 1. The molecule has 4 rings (SSSR count). The van der Waals surface area contributed by atoms with Gasteiger partial charge in [0.15, 0.2) is 17.3 Å². The summed E-state index contributed by atoms with van der Waals surface area (Å²) in [4.78, 5) is 27.0. The average Bonchev–Trinajstić information content (AvgIpc) is 2.83. The topological polar surface area (TPSA) is 84.9 Å². The fraction of sp³-hybridized carbons (Fsp3) is 0.379. The van der Waals surface area contributed by atoms with Gasteiger partial charge in [0.1, 0.15) is 0 Å². The predicted octanol–water partition coefficient (Wildman–Crippen LogP) is 6.01. The maximum Gasteiger partial charge on any atom is 0.336 e. The van der Waals surface area contributed by atoms with Crippen LogP contribution >= 0.6 is 11.6 Å². The number of benzene rings is 2. The number of phenolic OH excluding ortho intramolecular Hbond substituents is 1. The fourth-order valence-electron chi connectivity index (χ4n) is 4.92. The zero-order valence-corrected chi connectivity index (χ0v) is 21.8. The molecular weight excluding hydrogens is 478 g/mol. The predicted molar refractivity (Wildman–Crippen MR) is 139 cm³/mol. The van der Waals surface area contributed by atoms with E-state index in [1.165, 1.54) is 0 Å². The fourth-order valence-corrected chi connectivity index (χ4v) is 5.04. The van der Waals surface area contributed by atoms with Gasteiger partial charge in [-0.2, -0.15) is 0 Å². The summed E-state index contributed by atoms with van der Waals surface area (Å²) in [6, 6.07) is 12.6. The number of dihydropyridines is 1. The normalized spacial score (nSPS) is 19.8. The molecule has 0 aromatic heterocycles. The number of hydrogen-bond donors (Lipinski definition) is 2. The van der Waals surface area contributed by atoms with Gasteiger partial charge < -0.3 is 19.9 Å². The summed E-state index contributed by atoms with van der Waals surface area (Å²) in [6.45, 7) is 8.27. The van der Waals surface area contributed by atoms with Gasteiger partial charge in [-0.3, -0.25) is 4.79 Å². The molecule has 0 saturated heterocycles. The molecule has 36 heavy (non-hydrogen) atoms. The van der Waals surface area contributed by atoms with Crippen molar-refractivity contribution >= 4 is 23.4 Å². The molecule has 6 nitrogen and oxygen atoms in total. The molecular formula is C29H32ClNO5. The van der Waals surface area contributed by atoms with E-state index in [1.54, 1.807) is 18.2 Å². The highest BCUT2D eigenvalue weighted by atomic mass is 35.5. The Morgan fingerprint density at radius 2 is 1.83 bits per heavy atom. The van der Waals surface area contributed by atoms with Gasteiger partial charge in [0.2, 0.25) is 0 Å². The van der Waals surface area contributed by atoms with Crippen molar-refractivity contribution in [3.63, 3.8) is 0 Å². The van der Waals surface area contributed by atoms with Crippen molar-refractivity contribution < 1.29 is 24.2 Å². The highest BCUT2D eigenvalue weighted by molar-refractivity contribution is 6.30. The number of hydrogen-bond acceptors (Lipinski definition) is 6. The number of phenols is 1. The Labute approximate surface area is 216 Å². The van der Waals surface area contributed by atoms with Gasteiger partial charge in [0.05, 0.1) is 18.8 Å². The van der Waals surface area contributed by atoms with Crippen LogP contribution in [0.1, 0.15) is 63.5 Å². The number of carbonyl (C=O) groups excluding carboxylic acids is 2. The zero-order chi connectivity index (χ0) is 26.0. The number of ketones is 1. The first-order valence-electron chi connectivity index (χ1n) is 12.3. The van der Waals surface area contributed by atoms with Gasteiger partial charge in [0.25, 0.3) is 0 Å². The molecule has 2 atom stereocenters. The van der Waals surface area contributed by atoms with Crippen LogP contribution in [-0.4, -0.2) is 30.1 Å². The second-order valence-electron chi connectivity index (χ2n) is 9.72. The minimum absolute atomic E-state index is 0.00251. The van der Waals surface area contributed by atoms with Crippen LogP contribution < -0.4 is 10.1 Å². The van der Waals surface area contributed by atoms with Crippen LogP contribution in [-0.2, 0) is 14.3 Å². The van der Waals surface area contributed by atoms with Crippen LogP contribution in [0.3, 0.4) is 0 Å². The van der Waals surface area contributed by atoms with Crippen LogP contribution in [0.4, 0.5) is 0 Å². The lowest BCUT2D eigenvalue weighted by Crippen LogP contribution is -2.36. The Bertz CT molecular complexity index is 1230. The smallest absolute Gasteiger partial charge is 0.336 e. The Balaban J connectivity index is 1.79. The summed E-state index contributed by atoms with van der Waals surface area (Å²) in [6.07, 6.45) is 0.948. The van der Waals surface area contributed by atoms with E-state index in [0.717, 1.165) is 11.3 Å². The Morgan fingerprint density at radius 3 is 2.50 bits per heavy atom. The molecule has 0 saturated carbocycles. The molecule has 0 radical (unpaired) electrons. The molecule has 0 spiro atoms.